The Kier molecular flexibility index (Phi) is 10.3. The lowest BCUT2D eigenvalue weighted by Crippen LogP contribution is -2.64. The minimum absolute atomic E-state index is 2.00. The van der Waals surface area contributed by atoms with Gasteiger partial charge in [-0.1, -0.05) is 69.6 Å². The molecule has 0 rings (SSSR count). The van der Waals surface area contributed by atoms with Gasteiger partial charge < -0.3 is 0 Å². The molecule has 0 aliphatic rings. The average Bonchev–Trinajstić information content (AvgIpc) is 2.54. The van der Waals surface area contributed by atoms with E-state index in [1.54, 1.807) is 0 Å². The van der Waals surface area contributed by atoms with Gasteiger partial charge in [0.15, 0.2) is 8.67 Å². The van der Waals surface area contributed by atoms with Gasteiger partial charge in [-0.25, -0.2) is 8.78 Å². The normalized spacial score (nSPS) is 19.2. The van der Waals surface area contributed by atoms with E-state index in [1.807, 2.05) is 9.78 Å². The molecule has 0 aliphatic heterocycles. The molecule has 0 radical (unpaired) electrons. The third kappa shape index (κ3) is 7.18. The van der Waals surface area contributed by atoms with Gasteiger partial charge in [-0.2, -0.15) is 71.2 Å². The Balaban J connectivity index is 6.14. The largest absolute Gasteiger partial charge is 0.450 e. The number of halogens is 22. The Morgan fingerprint density at radius 1 is 0.389 bits per heavy atom. The third-order valence-corrected chi connectivity index (χ3v) is 6.62. The zero-order chi connectivity index (χ0) is 29.8. The molecule has 0 heterocycles. The molecule has 0 aromatic carbocycles. The third-order valence-electron chi connectivity index (χ3n) is 3.53. The first-order valence-corrected chi connectivity index (χ1v) is 9.91. The summed E-state index contributed by atoms with van der Waals surface area (Å²) in [6.45, 7) is 0. The minimum atomic E-state index is -7.10. The quantitative estimate of drug-likeness (QED) is 0.0928. The Bertz CT molecular complexity index is 715. The fraction of sp³-hybridized carbons (Fsp3) is 1.00. The van der Waals surface area contributed by atoms with Crippen molar-refractivity contribution in [3.63, 3.8) is 0 Å². The first kappa shape index (κ1) is 36.5. The van der Waals surface area contributed by atoms with Crippen molar-refractivity contribution >= 4 is 69.6 Å². The summed E-state index contributed by atoms with van der Waals surface area (Å²) in [5, 5.41) is -12.0. The molecule has 2 atom stereocenters. The predicted molar refractivity (Wildman–Crippen MR) is 91.6 cm³/mol. The SMILES string of the molecule is FC(F)(F)CC(Cl)(Cl)C(F)(Cl)C(F)(F)C(F)(F)OOC(F)(F)C(F)(F)C(F)(Cl)C(Cl)(Cl)CC(F)(F)F. The number of rotatable bonds is 11. The zero-order valence-corrected chi connectivity index (χ0v) is 20.1. The molecule has 36 heavy (non-hydrogen) atoms. The van der Waals surface area contributed by atoms with E-state index in [-0.39, 0.29) is 0 Å². The second kappa shape index (κ2) is 10.2. The van der Waals surface area contributed by atoms with E-state index < -0.39 is 68.2 Å². The van der Waals surface area contributed by atoms with E-state index in [1.165, 1.54) is 0 Å². The van der Waals surface area contributed by atoms with Gasteiger partial charge in [-0.3, -0.25) is 0 Å². The number of hydrogen-bond donors (Lipinski definition) is 0. The van der Waals surface area contributed by atoms with E-state index in [0.717, 1.165) is 0 Å². The lowest BCUT2D eigenvalue weighted by atomic mass is 10.1. The van der Waals surface area contributed by atoms with Crippen molar-refractivity contribution in [3.05, 3.63) is 0 Å². The summed E-state index contributed by atoms with van der Waals surface area (Å²) in [6.07, 6.45) is -32.0. The van der Waals surface area contributed by atoms with Crippen molar-refractivity contribution in [2.24, 2.45) is 0 Å². The lowest BCUT2D eigenvalue weighted by molar-refractivity contribution is -0.574. The highest BCUT2D eigenvalue weighted by atomic mass is 35.5. The highest BCUT2D eigenvalue weighted by molar-refractivity contribution is 6.54. The van der Waals surface area contributed by atoms with Crippen LogP contribution in [0.4, 0.5) is 70.2 Å². The monoisotopic (exact) mass is 694 g/mol. The van der Waals surface area contributed by atoms with Crippen LogP contribution >= 0.6 is 69.6 Å². The second-order valence-corrected chi connectivity index (χ2v) is 10.5. The first-order valence-electron chi connectivity index (χ1n) is 7.65. The maximum atomic E-state index is 14.1. The summed E-state index contributed by atoms with van der Waals surface area (Å²) in [7, 11) is 0. The van der Waals surface area contributed by atoms with Gasteiger partial charge in [-0.15, -0.1) is 0 Å². The van der Waals surface area contributed by atoms with Crippen LogP contribution in [0.2, 0.25) is 0 Å². The number of hydrogen-bond acceptors (Lipinski definition) is 2. The van der Waals surface area contributed by atoms with Crippen LogP contribution in [-0.2, 0) is 9.78 Å². The Hall–Kier alpha value is 0.540. The average molecular weight is 697 g/mol. The van der Waals surface area contributed by atoms with Crippen molar-refractivity contribution in [2.45, 2.75) is 68.2 Å². The molecule has 0 fully saturated rings. The fourth-order valence-electron chi connectivity index (χ4n) is 1.76. The maximum absolute atomic E-state index is 14.1. The van der Waals surface area contributed by atoms with Crippen LogP contribution in [0.3, 0.4) is 0 Å². The van der Waals surface area contributed by atoms with Gasteiger partial charge in [0.1, 0.15) is 0 Å². The molecule has 2 nitrogen and oxygen atoms in total. The van der Waals surface area contributed by atoms with Crippen LogP contribution in [0.25, 0.3) is 0 Å². The van der Waals surface area contributed by atoms with Crippen LogP contribution < -0.4 is 0 Å². The summed E-state index contributed by atoms with van der Waals surface area (Å²) in [5.74, 6) is -14.1. The Morgan fingerprint density at radius 3 is 0.750 bits per heavy atom. The van der Waals surface area contributed by atoms with Gasteiger partial charge in [0.05, 0.1) is 12.8 Å². The van der Waals surface area contributed by atoms with E-state index in [9.17, 15) is 70.2 Å². The Labute approximate surface area is 217 Å². The standard InChI is InChI=1S/C12H4Cl6F16O2/c13-3(14,1-5(19,20)21)7(17,25)9(27,28)11(31,32)35-36-12(33,34)10(29,30)8(18,26)4(15,16)2-6(22,23)24/h1-2H2. The zero-order valence-electron chi connectivity index (χ0n) is 15.5. The second-order valence-electron chi connectivity index (χ2n) is 6.49. The topological polar surface area (TPSA) is 18.5 Å². The van der Waals surface area contributed by atoms with E-state index in [4.69, 9.17) is 0 Å². The maximum Gasteiger partial charge on any atom is 0.450 e. The first-order chi connectivity index (χ1) is 15.1. The molecule has 2 unspecified atom stereocenters. The molecule has 0 amide bonds. The molecule has 218 valence electrons. The van der Waals surface area contributed by atoms with E-state index >= 15 is 0 Å². The fourth-order valence-corrected chi connectivity index (χ4v) is 3.19. The highest BCUT2D eigenvalue weighted by Crippen LogP contribution is 2.61. The predicted octanol–water partition coefficient (Wildman–Crippen LogP) is 9.45. The van der Waals surface area contributed by atoms with Crippen molar-refractivity contribution in [1.29, 1.82) is 0 Å². The smallest absolute Gasteiger partial charge is 0.216 e. The van der Waals surface area contributed by atoms with Gasteiger partial charge in [0, 0.05) is 0 Å². The molecular formula is C12H4Cl6F16O2. The molecule has 0 N–H and O–H groups in total. The molecule has 0 bridgehead atoms. The van der Waals surface area contributed by atoms with Crippen molar-refractivity contribution < 1.29 is 80.0 Å². The minimum Gasteiger partial charge on any atom is -0.216 e. The van der Waals surface area contributed by atoms with Crippen LogP contribution in [0, 0.1) is 0 Å². The molecule has 0 saturated heterocycles. The van der Waals surface area contributed by atoms with Crippen molar-refractivity contribution in [2.75, 3.05) is 0 Å². The van der Waals surface area contributed by atoms with Crippen molar-refractivity contribution in [3.8, 4) is 0 Å². The van der Waals surface area contributed by atoms with E-state index in [2.05, 4.69) is 69.6 Å². The highest BCUT2D eigenvalue weighted by Gasteiger charge is 2.82. The number of alkyl halides is 22. The lowest BCUT2D eigenvalue weighted by Gasteiger charge is -2.41. The molecule has 0 spiro atoms. The van der Waals surface area contributed by atoms with Crippen molar-refractivity contribution in [1.82, 2.24) is 0 Å². The van der Waals surface area contributed by atoms with Crippen LogP contribution in [0.5, 0.6) is 0 Å². The van der Waals surface area contributed by atoms with Crippen LogP contribution in [-0.4, -0.2) is 55.3 Å². The van der Waals surface area contributed by atoms with Crippen LogP contribution in [0.1, 0.15) is 12.8 Å². The Morgan fingerprint density at radius 2 is 0.583 bits per heavy atom. The summed E-state index contributed by atoms with van der Waals surface area (Å²) in [4.78, 5) is 3.99. The van der Waals surface area contributed by atoms with Gasteiger partial charge >= 0.3 is 36.4 Å². The molecule has 0 aromatic rings. The molecular weight excluding hydrogens is 693 g/mol. The summed E-state index contributed by atoms with van der Waals surface area (Å²) < 4.78 is 202. The molecule has 24 heteroatoms. The van der Waals surface area contributed by atoms with E-state index in [0.29, 0.717) is 0 Å². The van der Waals surface area contributed by atoms with Gasteiger partial charge in [0.2, 0.25) is 0 Å². The summed E-state index contributed by atoms with van der Waals surface area (Å²) >= 11 is 27.0. The van der Waals surface area contributed by atoms with Crippen LogP contribution in [0.15, 0.2) is 0 Å². The molecule has 0 saturated carbocycles. The van der Waals surface area contributed by atoms with Gasteiger partial charge in [0.25, 0.3) is 10.3 Å². The van der Waals surface area contributed by atoms with Gasteiger partial charge in [-0.05, 0) is 0 Å². The summed E-state index contributed by atoms with van der Waals surface area (Å²) in [6, 6.07) is 0. The molecule has 0 aliphatic carbocycles. The molecule has 0 aromatic heterocycles. The summed E-state index contributed by atoms with van der Waals surface area (Å²) in [5.41, 5.74) is 0.